The van der Waals surface area contributed by atoms with Gasteiger partial charge < -0.3 is 10.5 Å². The third kappa shape index (κ3) is 3.94. The van der Waals surface area contributed by atoms with Crippen LogP contribution in [0.25, 0.3) is 0 Å². The van der Waals surface area contributed by atoms with Gasteiger partial charge in [-0.3, -0.25) is 0 Å². The van der Waals surface area contributed by atoms with Crippen LogP contribution in [0.3, 0.4) is 0 Å². The number of nitrogens with two attached hydrogens (primary N) is 1. The van der Waals surface area contributed by atoms with Gasteiger partial charge in [0.1, 0.15) is 5.75 Å². The molecule has 2 rings (SSSR count). The second-order valence-corrected chi connectivity index (χ2v) is 7.09. The van der Waals surface area contributed by atoms with E-state index >= 15 is 0 Å². The number of para-hydroxylation sites is 1. The molecule has 3 heteroatoms. The summed E-state index contributed by atoms with van der Waals surface area (Å²) in [6, 6.07) is 14.6. The molecule has 0 saturated heterocycles. The van der Waals surface area contributed by atoms with E-state index in [0.717, 1.165) is 10.6 Å². The van der Waals surface area contributed by atoms with E-state index in [1.54, 1.807) is 11.8 Å². The highest BCUT2D eigenvalue weighted by molar-refractivity contribution is 7.99. The number of nitrogen functional groups attached to an aromatic ring is 1. The predicted molar refractivity (Wildman–Crippen MR) is 91.3 cm³/mol. The van der Waals surface area contributed by atoms with Gasteiger partial charge in [0.2, 0.25) is 0 Å². The molecule has 0 radical (unpaired) electrons. The molecule has 2 aromatic carbocycles. The minimum absolute atomic E-state index is 0.178. The predicted octanol–water partition coefficient (Wildman–Crippen LogP) is 5.12. The average molecular weight is 301 g/mol. The summed E-state index contributed by atoms with van der Waals surface area (Å²) in [7, 11) is 0. The summed E-state index contributed by atoms with van der Waals surface area (Å²) < 4.78 is 5.54. The van der Waals surface area contributed by atoms with Gasteiger partial charge in [0.25, 0.3) is 0 Å². The Labute approximate surface area is 131 Å². The zero-order valence-corrected chi connectivity index (χ0v) is 14.0. The van der Waals surface area contributed by atoms with Crippen molar-refractivity contribution in [3.8, 4) is 5.75 Å². The summed E-state index contributed by atoms with van der Waals surface area (Å²) >= 11 is 1.67. The van der Waals surface area contributed by atoms with Gasteiger partial charge in [-0.1, -0.05) is 50.7 Å². The van der Waals surface area contributed by atoms with Crippen molar-refractivity contribution in [2.45, 2.75) is 42.9 Å². The highest BCUT2D eigenvalue weighted by atomic mass is 32.2. The number of hydrogen-bond acceptors (Lipinski definition) is 3. The first-order valence-electron chi connectivity index (χ1n) is 7.21. The minimum atomic E-state index is 0.178. The van der Waals surface area contributed by atoms with Crippen molar-refractivity contribution in [3.05, 3.63) is 48.0 Å². The quantitative estimate of drug-likeness (QED) is 0.796. The molecule has 21 heavy (non-hydrogen) atoms. The molecule has 0 aliphatic rings. The first-order valence-corrected chi connectivity index (χ1v) is 8.03. The molecule has 0 spiro atoms. The van der Waals surface area contributed by atoms with Crippen LogP contribution in [0.5, 0.6) is 5.75 Å². The van der Waals surface area contributed by atoms with Crippen LogP contribution in [0.4, 0.5) is 5.69 Å². The molecule has 0 atom stereocenters. The largest absolute Gasteiger partial charge is 0.492 e. The fourth-order valence-corrected chi connectivity index (χ4v) is 2.93. The van der Waals surface area contributed by atoms with Gasteiger partial charge in [-0.2, -0.15) is 0 Å². The summed E-state index contributed by atoms with van der Waals surface area (Å²) in [6.07, 6.45) is 0. The van der Waals surface area contributed by atoms with Crippen molar-refractivity contribution >= 4 is 17.4 Å². The van der Waals surface area contributed by atoms with Crippen LogP contribution in [0.1, 0.15) is 33.3 Å². The van der Waals surface area contributed by atoms with Crippen LogP contribution in [-0.4, -0.2) is 6.61 Å². The van der Waals surface area contributed by atoms with Crippen LogP contribution in [-0.2, 0) is 5.41 Å². The molecule has 0 aliphatic carbocycles. The molecule has 0 unspecified atom stereocenters. The summed E-state index contributed by atoms with van der Waals surface area (Å²) in [4.78, 5) is 2.22. The van der Waals surface area contributed by atoms with E-state index in [9.17, 15) is 0 Å². The molecule has 0 bridgehead atoms. The Morgan fingerprint density at radius 2 is 1.71 bits per heavy atom. The van der Waals surface area contributed by atoms with Crippen LogP contribution in [0.2, 0.25) is 0 Å². The van der Waals surface area contributed by atoms with Crippen LogP contribution in [0, 0.1) is 0 Å². The second-order valence-electron chi connectivity index (χ2n) is 5.98. The van der Waals surface area contributed by atoms with Gasteiger partial charge in [0.05, 0.1) is 12.3 Å². The molecule has 2 N–H and O–H groups in total. The van der Waals surface area contributed by atoms with Crippen molar-refractivity contribution in [3.63, 3.8) is 0 Å². The fourth-order valence-electron chi connectivity index (χ4n) is 2.04. The lowest BCUT2D eigenvalue weighted by Crippen LogP contribution is -2.10. The number of hydrogen-bond donors (Lipinski definition) is 1. The fraction of sp³-hybridized carbons (Fsp3) is 0.333. The zero-order valence-electron chi connectivity index (χ0n) is 13.1. The number of benzene rings is 2. The van der Waals surface area contributed by atoms with E-state index < -0.39 is 0 Å². The SMILES string of the molecule is CCOc1cccc(Sc2ccc(C(C)(C)C)cc2)c1N. The molecule has 0 heterocycles. The summed E-state index contributed by atoms with van der Waals surface area (Å²) in [6.45, 7) is 9.25. The molecule has 0 amide bonds. The summed E-state index contributed by atoms with van der Waals surface area (Å²) in [5.41, 5.74) is 8.40. The van der Waals surface area contributed by atoms with E-state index in [1.807, 2.05) is 25.1 Å². The lowest BCUT2D eigenvalue weighted by molar-refractivity contribution is 0.341. The minimum Gasteiger partial charge on any atom is -0.492 e. The monoisotopic (exact) mass is 301 g/mol. The van der Waals surface area contributed by atoms with Gasteiger partial charge in [0, 0.05) is 9.79 Å². The average Bonchev–Trinajstić information content (AvgIpc) is 2.43. The zero-order chi connectivity index (χ0) is 15.5. The smallest absolute Gasteiger partial charge is 0.143 e. The highest BCUT2D eigenvalue weighted by Crippen LogP contribution is 2.37. The maximum Gasteiger partial charge on any atom is 0.143 e. The third-order valence-corrected chi connectivity index (χ3v) is 4.36. The van der Waals surface area contributed by atoms with E-state index in [1.165, 1.54) is 10.5 Å². The summed E-state index contributed by atoms with van der Waals surface area (Å²) in [5, 5.41) is 0. The van der Waals surface area contributed by atoms with Crippen LogP contribution in [0.15, 0.2) is 52.3 Å². The lowest BCUT2D eigenvalue weighted by Gasteiger charge is -2.19. The van der Waals surface area contributed by atoms with Crippen molar-refractivity contribution in [1.82, 2.24) is 0 Å². The molecule has 0 saturated carbocycles. The molecule has 2 aromatic rings. The van der Waals surface area contributed by atoms with Gasteiger partial charge in [-0.25, -0.2) is 0 Å². The molecular formula is C18H23NOS. The summed E-state index contributed by atoms with van der Waals surface area (Å²) in [5.74, 6) is 0.758. The molecule has 0 fully saturated rings. The Kier molecular flexibility index (Phi) is 4.84. The molecule has 0 aromatic heterocycles. The van der Waals surface area contributed by atoms with Crippen molar-refractivity contribution in [1.29, 1.82) is 0 Å². The van der Waals surface area contributed by atoms with Gasteiger partial charge >= 0.3 is 0 Å². The van der Waals surface area contributed by atoms with Gasteiger partial charge in [-0.05, 0) is 42.2 Å². The van der Waals surface area contributed by atoms with Crippen LogP contribution >= 0.6 is 11.8 Å². The maximum absolute atomic E-state index is 6.17. The van der Waals surface area contributed by atoms with Gasteiger partial charge in [-0.15, -0.1) is 0 Å². The standard InChI is InChI=1S/C18H23NOS/c1-5-20-15-7-6-8-16(17(15)19)21-14-11-9-13(10-12-14)18(2,3)4/h6-12H,5,19H2,1-4H3. The Morgan fingerprint density at radius 3 is 2.29 bits per heavy atom. The molecule has 112 valence electrons. The number of rotatable bonds is 4. The van der Waals surface area contributed by atoms with E-state index in [-0.39, 0.29) is 5.41 Å². The lowest BCUT2D eigenvalue weighted by atomic mass is 9.87. The van der Waals surface area contributed by atoms with Crippen molar-refractivity contribution in [2.75, 3.05) is 12.3 Å². The highest BCUT2D eigenvalue weighted by Gasteiger charge is 2.13. The second kappa shape index (κ2) is 6.44. The van der Waals surface area contributed by atoms with Crippen molar-refractivity contribution < 1.29 is 4.74 Å². The van der Waals surface area contributed by atoms with Gasteiger partial charge in [0.15, 0.2) is 0 Å². The Morgan fingerprint density at radius 1 is 1.05 bits per heavy atom. The first kappa shape index (κ1) is 15.8. The number of anilines is 1. The molecule has 2 nitrogen and oxygen atoms in total. The Bertz CT molecular complexity index is 600. The van der Waals surface area contributed by atoms with E-state index in [4.69, 9.17) is 10.5 Å². The van der Waals surface area contributed by atoms with Crippen molar-refractivity contribution in [2.24, 2.45) is 0 Å². The first-order chi connectivity index (χ1) is 9.91. The van der Waals surface area contributed by atoms with E-state index in [0.29, 0.717) is 12.3 Å². The Hall–Kier alpha value is -1.61. The Balaban J connectivity index is 2.20. The number of ether oxygens (including phenoxy) is 1. The molecular weight excluding hydrogens is 278 g/mol. The topological polar surface area (TPSA) is 35.2 Å². The van der Waals surface area contributed by atoms with E-state index in [2.05, 4.69) is 45.0 Å². The maximum atomic E-state index is 6.17. The van der Waals surface area contributed by atoms with Crippen LogP contribution < -0.4 is 10.5 Å². The normalized spacial score (nSPS) is 11.4. The molecule has 0 aliphatic heterocycles. The third-order valence-electron chi connectivity index (χ3n) is 3.27.